The lowest BCUT2D eigenvalue weighted by Crippen LogP contribution is -2.19. The molecule has 0 aliphatic heterocycles. The first-order valence-electron chi connectivity index (χ1n) is 8.51. The summed E-state index contributed by atoms with van der Waals surface area (Å²) in [6, 6.07) is 7.80. The fourth-order valence-electron chi connectivity index (χ4n) is 3.09. The van der Waals surface area contributed by atoms with Gasteiger partial charge in [0.1, 0.15) is 17.5 Å². The highest BCUT2D eigenvalue weighted by Gasteiger charge is 2.20. The van der Waals surface area contributed by atoms with Gasteiger partial charge in [-0.3, -0.25) is 4.79 Å². The molecule has 27 heavy (non-hydrogen) atoms. The van der Waals surface area contributed by atoms with Gasteiger partial charge in [-0.15, -0.1) is 0 Å². The Morgan fingerprint density at radius 1 is 1.33 bits per heavy atom. The second kappa shape index (κ2) is 6.80. The lowest BCUT2D eigenvalue weighted by molar-refractivity contribution is 0.0999. The Morgan fingerprint density at radius 3 is 2.70 bits per heavy atom. The van der Waals surface area contributed by atoms with Crippen molar-refractivity contribution in [3.05, 3.63) is 58.9 Å². The number of carbonyl (C=O) groups excluding carboxylic acids is 1. The van der Waals surface area contributed by atoms with Crippen LogP contribution >= 0.6 is 0 Å². The number of primary amides is 1. The molecule has 0 saturated heterocycles. The number of halogens is 1. The van der Waals surface area contributed by atoms with Crippen molar-refractivity contribution in [1.29, 1.82) is 5.26 Å². The summed E-state index contributed by atoms with van der Waals surface area (Å²) in [5.41, 5.74) is 7.66. The van der Waals surface area contributed by atoms with Crippen LogP contribution in [-0.2, 0) is 13.0 Å². The maximum atomic E-state index is 13.8. The van der Waals surface area contributed by atoms with Gasteiger partial charge in [-0.2, -0.15) is 5.26 Å². The van der Waals surface area contributed by atoms with E-state index in [2.05, 4.69) is 30.7 Å². The highest BCUT2D eigenvalue weighted by Crippen LogP contribution is 2.26. The lowest BCUT2D eigenvalue weighted by Gasteiger charge is -2.22. The van der Waals surface area contributed by atoms with Gasteiger partial charge in [-0.1, -0.05) is 20.8 Å². The molecule has 138 valence electrons. The van der Waals surface area contributed by atoms with Crippen LogP contribution < -0.4 is 5.73 Å². The summed E-state index contributed by atoms with van der Waals surface area (Å²) < 4.78 is 15.8. The minimum absolute atomic E-state index is 0.0626. The summed E-state index contributed by atoms with van der Waals surface area (Å²) in [6.07, 6.45) is 1.91. The van der Waals surface area contributed by atoms with Gasteiger partial charge >= 0.3 is 0 Å². The number of nitrogens with two attached hydrogens (primary N) is 1. The van der Waals surface area contributed by atoms with E-state index in [0.717, 1.165) is 11.1 Å². The average Bonchev–Trinajstić information content (AvgIpc) is 2.89. The number of benzene rings is 1. The summed E-state index contributed by atoms with van der Waals surface area (Å²) in [7, 11) is 0. The summed E-state index contributed by atoms with van der Waals surface area (Å²) in [5.74, 6) is -0.944. The molecule has 0 radical (unpaired) electrons. The SMILES string of the molecule is CC(C)(C)Cn1c(Cc2cc(F)ccc2C(N)=O)cc2cnc(C#N)nc21. The van der Waals surface area contributed by atoms with Crippen LogP contribution in [-0.4, -0.2) is 20.4 Å². The molecule has 0 spiro atoms. The Bertz CT molecular complexity index is 1070. The predicted molar refractivity (Wildman–Crippen MR) is 99.4 cm³/mol. The first kappa shape index (κ1) is 18.5. The van der Waals surface area contributed by atoms with Crippen molar-refractivity contribution in [1.82, 2.24) is 14.5 Å². The maximum Gasteiger partial charge on any atom is 0.248 e. The first-order valence-corrected chi connectivity index (χ1v) is 8.51. The van der Waals surface area contributed by atoms with Crippen LogP contribution in [0, 0.1) is 22.6 Å². The fraction of sp³-hybridized carbons (Fsp3) is 0.300. The Labute approximate surface area is 156 Å². The molecule has 0 bridgehead atoms. The Balaban J connectivity index is 2.17. The molecule has 0 fully saturated rings. The largest absolute Gasteiger partial charge is 0.366 e. The van der Waals surface area contributed by atoms with E-state index in [1.165, 1.54) is 18.2 Å². The van der Waals surface area contributed by atoms with E-state index in [1.54, 1.807) is 6.20 Å². The highest BCUT2D eigenvalue weighted by molar-refractivity contribution is 5.94. The number of aromatic nitrogens is 3. The average molecular weight is 365 g/mol. The van der Waals surface area contributed by atoms with Crippen molar-refractivity contribution in [3.8, 4) is 6.07 Å². The molecule has 3 aromatic rings. The smallest absolute Gasteiger partial charge is 0.248 e. The standard InChI is InChI=1S/C20H20FN5O/c1-20(2,3)11-26-15(8-13-10-24-17(9-22)25-19(13)26)7-12-6-14(21)4-5-16(12)18(23)27/h4-6,8,10H,7,11H2,1-3H3,(H2,23,27). The van der Waals surface area contributed by atoms with Crippen LogP contribution in [0.2, 0.25) is 0 Å². The molecule has 0 unspecified atom stereocenters. The molecule has 1 amide bonds. The van der Waals surface area contributed by atoms with Crippen molar-refractivity contribution in [2.45, 2.75) is 33.7 Å². The molecule has 0 atom stereocenters. The molecule has 2 heterocycles. The number of hydrogen-bond acceptors (Lipinski definition) is 4. The van der Waals surface area contributed by atoms with E-state index in [1.807, 2.05) is 16.7 Å². The topological polar surface area (TPSA) is 97.6 Å². The van der Waals surface area contributed by atoms with Gasteiger partial charge in [0.15, 0.2) is 0 Å². The first-order chi connectivity index (χ1) is 12.7. The second-order valence-corrected chi connectivity index (χ2v) is 7.71. The summed E-state index contributed by atoms with van der Waals surface area (Å²) in [6.45, 7) is 6.90. The fourth-order valence-corrected chi connectivity index (χ4v) is 3.09. The zero-order chi connectivity index (χ0) is 19.8. The monoisotopic (exact) mass is 365 g/mol. The van der Waals surface area contributed by atoms with E-state index in [9.17, 15) is 9.18 Å². The number of nitrogens with zero attached hydrogens (tertiary/aromatic N) is 4. The van der Waals surface area contributed by atoms with E-state index in [4.69, 9.17) is 11.0 Å². The van der Waals surface area contributed by atoms with Gasteiger partial charge < -0.3 is 10.3 Å². The van der Waals surface area contributed by atoms with Crippen LogP contribution in [0.1, 0.15) is 48.2 Å². The number of rotatable bonds is 4. The summed E-state index contributed by atoms with van der Waals surface area (Å²) in [5, 5.41) is 9.90. The van der Waals surface area contributed by atoms with E-state index >= 15 is 0 Å². The van der Waals surface area contributed by atoms with Gasteiger partial charge in [-0.05, 0) is 35.2 Å². The molecule has 3 rings (SSSR count). The summed E-state index contributed by atoms with van der Waals surface area (Å²) in [4.78, 5) is 20.1. The molecule has 0 saturated carbocycles. The molecule has 0 aliphatic rings. The van der Waals surface area contributed by atoms with Crippen molar-refractivity contribution in [2.75, 3.05) is 0 Å². The Hall–Kier alpha value is -3.27. The number of nitriles is 1. The second-order valence-electron chi connectivity index (χ2n) is 7.71. The quantitative estimate of drug-likeness (QED) is 0.768. The molecule has 6 nitrogen and oxygen atoms in total. The van der Waals surface area contributed by atoms with Gasteiger partial charge in [0, 0.05) is 35.8 Å². The molecular weight excluding hydrogens is 345 g/mol. The van der Waals surface area contributed by atoms with Crippen molar-refractivity contribution in [3.63, 3.8) is 0 Å². The van der Waals surface area contributed by atoms with Gasteiger partial charge in [0.2, 0.25) is 11.7 Å². The zero-order valence-electron chi connectivity index (χ0n) is 15.5. The molecule has 2 aromatic heterocycles. The van der Waals surface area contributed by atoms with Crippen LogP contribution in [0.25, 0.3) is 11.0 Å². The maximum absolute atomic E-state index is 13.8. The third-order valence-electron chi connectivity index (χ3n) is 4.16. The normalized spacial score (nSPS) is 11.5. The van der Waals surface area contributed by atoms with Gasteiger partial charge in [0.25, 0.3) is 0 Å². The number of carbonyl (C=O) groups is 1. The number of amides is 1. The predicted octanol–water partition coefficient (Wildman–Crippen LogP) is 3.18. The zero-order valence-corrected chi connectivity index (χ0v) is 15.5. The van der Waals surface area contributed by atoms with Gasteiger partial charge in [-0.25, -0.2) is 14.4 Å². The van der Waals surface area contributed by atoms with Crippen LogP contribution in [0.5, 0.6) is 0 Å². The number of hydrogen-bond donors (Lipinski definition) is 1. The third kappa shape index (κ3) is 3.95. The molecule has 0 aliphatic carbocycles. The minimum Gasteiger partial charge on any atom is -0.366 e. The van der Waals surface area contributed by atoms with E-state index < -0.39 is 11.7 Å². The minimum atomic E-state index is -0.602. The Kier molecular flexibility index (Phi) is 4.66. The van der Waals surface area contributed by atoms with Crippen molar-refractivity contribution >= 4 is 16.9 Å². The third-order valence-corrected chi connectivity index (χ3v) is 4.16. The van der Waals surface area contributed by atoms with Gasteiger partial charge in [0.05, 0.1) is 0 Å². The van der Waals surface area contributed by atoms with Crippen molar-refractivity contribution < 1.29 is 9.18 Å². The van der Waals surface area contributed by atoms with Crippen molar-refractivity contribution in [2.24, 2.45) is 11.1 Å². The van der Waals surface area contributed by atoms with Crippen LogP contribution in [0.15, 0.2) is 30.5 Å². The summed E-state index contributed by atoms with van der Waals surface area (Å²) >= 11 is 0. The molecule has 1 aromatic carbocycles. The molecular formula is C20H20FN5O. The highest BCUT2D eigenvalue weighted by atomic mass is 19.1. The van der Waals surface area contributed by atoms with Crippen LogP contribution in [0.3, 0.4) is 0 Å². The number of fused-ring (bicyclic) bond motifs is 1. The van der Waals surface area contributed by atoms with Crippen LogP contribution in [0.4, 0.5) is 4.39 Å². The van der Waals surface area contributed by atoms with E-state index in [0.29, 0.717) is 24.2 Å². The Morgan fingerprint density at radius 2 is 2.07 bits per heavy atom. The lowest BCUT2D eigenvalue weighted by atomic mass is 9.96. The molecule has 2 N–H and O–H groups in total. The van der Waals surface area contributed by atoms with E-state index in [-0.39, 0.29) is 16.8 Å². The molecule has 7 heteroatoms.